The quantitative estimate of drug-likeness (QED) is 0.0485. The van der Waals surface area contributed by atoms with Gasteiger partial charge in [-0.1, -0.05) is 12.8 Å². The lowest BCUT2D eigenvalue weighted by Crippen LogP contribution is -2.38. The number of imidazole rings is 1. The van der Waals surface area contributed by atoms with Crippen molar-refractivity contribution in [3.63, 3.8) is 0 Å². The van der Waals surface area contributed by atoms with E-state index in [-0.39, 0.29) is 30.4 Å². The lowest BCUT2D eigenvalue weighted by atomic mass is 10.0. The topological polar surface area (TPSA) is 229 Å². The smallest absolute Gasteiger partial charge is 0.315 e. The molecule has 0 unspecified atom stereocenters. The Bertz CT molecular complexity index is 1590. The Morgan fingerprint density at radius 2 is 1.84 bits per heavy atom. The molecule has 0 bridgehead atoms. The number of fused-ring (bicyclic) bond motifs is 2. The highest BCUT2D eigenvalue weighted by atomic mass is 32.2. The van der Waals surface area contributed by atoms with Gasteiger partial charge in [0.2, 0.25) is 5.91 Å². The molecular formula is C37H58N10O7S. The number of aliphatic hydroxyl groups is 2. The molecule has 5 heterocycles. The van der Waals surface area contributed by atoms with E-state index in [9.17, 15) is 24.6 Å². The molecule has 2 aromatic heterocycles. The van der Waals surface area contributed by atoms with Crippen molar-refractivity contribution >= 4 is 59.1 Å². The molecule has 0 aliphatic carbocycles. The number of carboxylic acid groups (broad SMARTS) is 1. The molecule has 0 radical (unpaired) electrons. The Labute approximate surface area is 326 Å². The van der Waals surface area contributed by atoms with Crippen LogP contribution in [0.5, 0.6) is 0 Å². The lowest BCUT2D eigenvalue weighted by Gasteiger charge is -2.22. The number of thioether (sulfide) groups is 1. The molecule has 3 amide bonds. The highest BCUT2D eigenvalue weighted by Crippen LogP contribution is 2.34. The molecule has 3 aliphatic heterocycles. The third kappa shape index (κ3) is 12.9. The van der Waals surface area contributed by atoms with Gasteiger partial charge < -0.3 is 40.9 Å². The van der Waals surface area contributed by atoms with Crippen molar-refractivity contribution in [2.75, 3.05) is 39.0 Å². The van der Waals surface area contributed by atoms with Crippen LogP contribution in [0.25, 0.3) is 11.2 Å². The number of aliphatic imine (C=N–C) groups is 2. The second kappa shape index (κ2) is 22.1. The maximum Gasteiger partial charge on any atom is 0.315 e. The summed E-state index contributed by atoms with van der Waals surface area (Å²) >= 11 is 1.91. The maximum absolute atomic E-state index is 12.2. The molecule has 2 aromatic rings. The van der Waals surface area contributed by atoms with Gasteiger partial charge in [-0.2, -0.15) is 11.8 Å². The molecule has 0 spiro atoms. The van der Waals surface area contributed by atoms with Crippen LogP contribution in [0.4, 0.5) is 10.6 Å². The third-order valence-corrected chi connectivity index (χ3v) is 11.8. The van der Waals surface area contributed by atoms with Crippen LogP contribution >= 0.6 is 11.8 Å². The summed E-state index contributed by atoms with van der Waals surface area (Å²) in [6, 6.07) is 0.428. The minimum absolute atomic E-state index is 0.0540. The molecule has 3 fully saturated rings. The normalized spacial score (nSPS) is 25.0. The number of likely N-dealkylation sites (N-methyl/N-ethyl adjacent to an activating group) is 1. The Morgan fingerprint density at radius 1 is 1.02 bits per heavy atom. The number of carboxylic acids is 1. The number of carbonyl (C=O) groups excluding carboxylic acids is 2. The van der Waals surface area contributed by atoms with E-state index in [0.717, 1.165) is 82.9 Å². The Kier molecular flexibility index (Phi) is 17.1. The average molecular weight is 787 g/mol. The summed E-state index contributed by atoms with van der Waals surface area (Å²) in [6.07, 6.45) is 14.7. The first-order valence-corrected chi connectivity index (χ1v) is 20.8. The number of carbonyl (C=O) groups is 3. The number of hydrogen-bond donors (Lipinski definition) is 6. The minimum Gasteiger partial charge on any atom is -0.481 e. The van der Waals surface area contributed by atoms with Crippen LogP contribution in [-0.2, 0) is 14.3 Å². The third-order valence-electron chi connectivity index (χ3n) is 10.2. The summed E-state index contributed by atoms with van der Waals surface area (Å²) in [6.45, 7) is 2.37. The van der Waals surface area contributed by atoms with Crippen LogP contribution in [0.15, 0.2) is 22.6 Å². The number of nitrogens with zero attached hydrogens (tertiary/aromatic N) is 7. The van der Waals surface area contributed by atoms with Crippen LogP contribution in [0.2, 0.25) is 0 Å². The summed E-state index contributed by atoms with van der Waals surface area (Å²) in [7, 11) is 1.82. The second-order valence-electron chi connectivity index (χ2n) is 14.6. The van der Waals surface area contributed by atoms with Gasteiger partial charge in [0.1, 0.15) is 24.6 Å². The molecule has 3 saturated heterocycles. The van der Waals surface area contributed by atoms with E-state index in [2.05, 4.69) is 40.9 Å². The fourth-order valence-corrected chi connectivity index (χ4v) is 8.75. The van der Waals surface area contributed by atoms with Gasteiger partial charge in [-0.3, -0.25) is 19.1 Å². The molecule has 6 N–H and O–H groups in total. The highest BCUT2D eigenvalue weighted by Gasteiger charge is 2.45. The summed E-state index contributed by atoms with van der Waals surface area (Å²) < 4.78 is 7.62. The number of aromatic nitrogens is 4. The molecule has 0 saturated carbocycles. The fraction of sp³-hybridized carbons (Fsp3) is 0.730. The molecule has 17 nitrogen and oxygen atoms in total. The SMILES string of the molecule is CN(CCCC(=O)O)C[C@H]1O[C@@H](n2cnc3c(/N=C/CCCCCC=NCCCCCNC(=O)CCCC[C@H]4SC[C@H]5NC(=O)N[C@H]54)ncnc32)[C@H](O)[C@@H]1O. The van der Waals surface area contributed by atoms with Gasteiger partial charge in [0, 0.05) is 49.7 Å². The lowest BCUT2D eigenvalue weighted by molar-refractivity contribution is -0.137. The molecule has 7 atom stereocenters. The van der Waals surface area contributed by atoms with E-state index in [0.29, 0.717) is 54.7 Å². The van der Waals surface area contributed by atoms with Crippen molar-refractivity contribution in [2.45, 2.75) is 132 Å². The fourth-order valence-electron chi connectivity index (χ4n) is 7.21. The first-order chi connectivity index (χ1) is 26.7. The zero-order chi connectivity index (χ0) is 39.0. The molecule has 5 rings (SSSR count). The molecule has 18 heteroatoms. The van der Waals surface area contributed by atoms with Crippen LogP contribution in [-0.4, -0.2) is 145 Å². The van der Waals surface area contributed by atoms with Crippen LogP contribution in [0.1, 0.15) is 96.1 Å². The Balaban J connectivity index is 0.875. The van der Waals surface area contributed by atoms with Crippen LogP contribution < -0.4 is 16.0 Å². The maximum atomic E-state index is 12.2. The van der Waals surface area contributed by atoms with Gasteiger partial charge in [-0.15, -0.1) is 0 Å². The number of urea groups is 1. The number of ether oxygens (including phenoxy) is 1. The van der Waals surface area contributed by atoms with E-state index >= 15 is 0 Å². The van der Waals surface area contributed by atoms with Gasteiger partial charge in [0.25, 0.3) is 0 Å². The van der Waals surface area contributed by atoms with Crippen LogP contribution in [0.3, 0.4) is 0 Å². The monoisotopic (exact) mass is 786 g/mol. The van der Waals surface area contributed by atoms with E-state index < -0.39 is 30.5 Å². The van der Waals surface area contributed by atoms with Gasteiger partial charge in [0.15, 0.2) is 23.2 Å². The van der Waals surface area contributed by atoms with Crippen LogP contribution in [0, 0.1) is 0 Å². The van der Waals surface area contributed by atoms with E-state index in [1.54, 1.807) is 4.57 Å². The summed E-state index contributed by atoms with van der Waals surface area (Å²) in [5, 5.41) is 39.8. The van der Waals surface area contributed by atoms with Crippen molar-refractivity contribution in [2.24, 2.45) is 9.98 Å². The van der Waals surface area contributed by atoms with Crippen molar-refractivity contribution in [1.29, 1.82) is 0 Å². The van der Waals surface area contributed by atoms with Gasteiger partial charge >= 0.3 is 12.0 Å². The number of aliphatic hydroxyl groups excluding tert-OH is 2. The largest absolute Gasteiger partial charge is 0.481 e. The second-order valence-corrected chi connectivity index (χ2v) is 15.9. The number of nitrogens with one attached hydrogen (secondary N) is 3. The highest BCUT2D eigenvalue weighted by molar-refractivity contribution is 8.00. The summed E-state index contributed by atoms with van der Waals surface area (Å²) in [5.74, 6) is 0.656. The van der Waals surface area contributed by atoms with E-state index in [1.165, 1.54) is 12.7 Å². The Hall–Kier alpha value is -3.71. The number of amides is 3. The standard InChI is InChI=1S/C37H58N10O7S/c1-46(20-12-15-29(49)50)21-26-32(51)33(52)36(54-26)47-24-43-31-34(41-23-42-35(31)47)40-19-10-4-2-3-8-16-38-17-9-5-11-18-39-28(48)14-7-6-13-27-30-25(22-55-27)44-37(53)45-30/h16,19,23-27,30,32-33,36,51-52H,2-15,17-18,20-22H2,1H3,(H,39,48)(H,49,50)(H2,44,45,53)/b38-16?,40-19+/t25-,26-,27-,30-,32-,33-,36-/m1/s1. The zero-order valence-corrected chi connectivity index (χ0v) is 32.6. The van der Waals surface area contributed by atoms with Crippen molar-refractivity contribution in [3.05, 3.63) is 12.7 Å². The van der Waals surface area contributed by atoms with E-state index in [4.69, 9.17) is 9.84 Å². The van der Waals surface area contributed by atoms with Crippen molar-refractivity contribution in [1.82, 2.24) is 40.4 Å². The number of rotatable bonds is 25. The zero-order valence-electron chi connectivity index (χ0n) is 31.8. The number of hydrogen-bond acceptors (Lipinski definition) is 13. The predicted octanol–water partition coefficient (Wildman–Crippen LogP) is 2.98. The van der Waals surface area contributed by atoms with Crippen molar-refractivity contribution < 1.29 is 34.4 Å². The molecule has 3 aliphatic rings. The molecule has 55 heavy (non-hydrogen) atoms. The molecule has 304 valence electrons. The number of aliphatic carboxylic acids is 1. The number of unbranched alkanes of at least 4 members (excludes halogenated alkanes) is 7. The summed E-state index contributed by atoms with van der Waals surface area (Å²) in [5.41, 5.74) is 0.911. The van der Waals surface area contributed by atoms with Crippen molar-refractivity contribution in [3.8, 4) is 0 Å². The predicted molar refractivity (Wildman–Crippen MR) is 211 cm³/mol. The molecular weight excluding hydrogens is 729 g/mol. The first-order valence-electron chi connectivity index (χ1n) is 19.8. The van der Waals surface area contributed by atoms with Gasteiger partial charge in [-0.05, 0) is 84.0 Å². The Morgan fingerprint density at radius 3 is 2.67 bits per heavy atom. The average Bonchev–Trinajstić information content (AvgIpc) is 3.92. The minimum atomic E-state index is -1.20. The molecule has 0 aromatic carbocycles. The van der Waals surface area contributed by atoms with E-state index in [1.807, 2.05) is 36.1 Å². The first kappa shape index (κ1) is 42.4. The summed E-state index contributed by atoms with van der Waals surface area (Å²) in [4.78, 5) is 58.5. The van der Waals surface area contributed by atoms with Gasteiger partial charge in [0.05, 0.1) is 18.4 Å². The van der Waals surface area contributed by atoms with Gasteiger partial charge in [-0.25, -0.2) is 24.7 Å².